The van der Waals surface area contributed by atoms with E-state index >= 15 is 0 Å². The number of rotatable bonds is 5. The van der Waals surface area contributed by atoms with Crippen LogP contribution in [0.2, 0.25) is 0 Å². The van der Waals surface area contributed by atoms with Gasteiger partial charge in [-0.05, 0) is 0 Å². The van der Waals surface area contributed by atoms with Crippen LogP contribution in [0.5, 0.6) is 0 Å². The topological polar surface area (TPSA) is 0 Å². The molecule has 3 rings (SSSR count). The van der Waals surface area contributed by atoms with Crippen molar-refractivity contribution in [3.8, 4) is 11.8 Å². The van der Waals surface area contributed by atoms with Crippen molar-refractivity contribution in [1.29, 1.82) is 0 Å². The van der Waals surface area contributed by atoms with Crippen LogP contribution < -0.4 is 15.9 Å². The molecule has 0 saturated heterocycles. The molecule has 0 nitrogen and oxygen atoms in total. The summed E-state index contributed by atoms with van der Waals surface area (Å²) in [6, 6.07) is 33.2. The minimum atomic E-state index is -2.08. The first kappa shape index (κ1) is 20.4. The first-order valence-electron chi connectivity index (χ1n) is 9.00. The fourth-order valence-electron chi connectivity index (χ4n) is 3.56. The molecule has 0 spiro atoms. The summed E-state index contributed by atoms with van der Waals surface area (Å²) in [5, 5.41) is 4.39. The van der Waals surface area contributed by atoms with Crippen molar-refractivity contribution < 1.29 is 0 Å². The van der Waals surface area contributed by atoms with E-state index in [0.29, 0.717) is 0 Å². The summed E-state index contributed by atoms with van der Waals surface area (Å²) in [5.41, 5.74) is 0. The van der Waals surface area contributed by atoms with Gasteiger partial charge in [-0.2, -0.15) is 0 Å². The maximum absolute atomic E-state index is 3.38. The van der Waals surface area contributed by atoms with Crippen LogP contribution in [0.15, 0.2) is 91.0 Å². The molecule has 134 valence electrons. The summed E-state index contributed by atoms with van der Waals surface area (Å²) in [6.07, 6.45) is 2.98. The Hall–Kier alpha value is -1.87. The van der Waals surface area contributed by atoms with Gasteiger partial charge < -0.3 is 0 Å². The third-order valence-electron chi connectivity index (χ3n) is 4.73. The van der Waals surface area contributed by atoms with Gasteiger partial charge in [0.25, 0.3) is 0 Å². The van der Waals surface area contributed by atoms with Crippen molar-refractivity contribution in [2.24, 2.45) is 0 Å². The van der Waals surface area contributed by atoms with E-state index in [-0.39, 0.29) is 17.0 Å². The Morgan fingerprint density at radius 3 is 1.35 bits per heavy atom. The molecular weight excluding hydrogens is 399 g/mol. The Morgan fingerprint density at radius 2 is 1.00 bits per heavy atom. The molecule has 0 bridgehead atoms. The molecule has 0 amide bonds. The molecule has 0 saturated carbocycles. The van der Waals surface area contributed by atoms with Crippen LogP contribution >= 0.6 is 24.2 Å². The van der Waals surface area contributed by atoms with Crippen molar-refractivity contribution in [2.75, 3.05) is 6.16 Å². The zero-order valence-electron chi connectivity index (χ0n) is 15.2. The average molecular weight is 425 g/mol. The summed E-state index contributed by atoms with van der Waals surface area (Å²) >= 11 is 0. The number of hydrogen-bond acceptors (Lipinski definition) is 0. The molecule has 3 aromatic rings. The summed E-state index contributed by atoms with van der Waals surface area (Å²) in [4.78, 5) is 0. The normalized spacial score (nSPS) is 11.0. The third kappa shape index (κ3) is 4.45. The second-order valence-corrected chi connectivity index (χ2v) is 10.3. The summed E-state index contributed by atoms with van der Waals surface area (Å²) in [7, 11) is -2.08. The van der Waals surface area contributed by atoms with E-state index in [0.717, 1.165) is 19.0 Å². The molecule has 26 heavy (non-hydrogen) atoms. The maximum atomic E-state index is 3.38. The fourth-order valence-corrected chi connectivity index (χ4v) is 8.21. The van der Waals surface area contributed by atoms with Crippen LogP contribution in [0.1, 0.15) is 19.8 Å². The van der Waals surface area contributed by atoms with Gasteiger partial charge in [0.05, 0.1) is 0 Å². The molecule has 3 aromatic carbocycles. The van der Waals surface area contributed by atoms with E-state index in [9.17, 15) is 0 Å². The zero-order chi connectivity index (χ0) is 17.4. The minimum absolute atomic E-state index is 0. The van der Waals surface area contributed by atoms with E-state index in [1.807, 2.05) is 0 Å². The van der Waals surface area contributed by atoms with Crippen molar-refractivity contribution >= 4 is 40.2 Å². The van der Waals surface area contributed by atoms with E-state index in [2.05, 4.69) is 110 Å². The van der Waals surface area contributed by atoms with Gasteiger partial charge in [0.1, 0.15) is 0 Å². The predicted molar refractivity (Wildman–Crippen MR) is 124 cm³/mol. The van der Waals surface area contributed by atoms with Gasteiger partial charge in [0.2, 0.25) is 0 Å². The molecule has 0 aliphatic rings. The van der Waals surface area contributed by atoms with Crippen molar-refractivity contribution in [1.82, 2.24) is 0 Å². The van der Waals surface area contributed by atoms with E-state index in [4.69, 9.17) is 0 Å². The monoisotopic (exact) mass is 424 g/mol. The Bertz CT molecular complexity index is 736. The molecule has 2 heteroatoms. The van der Waals surface area contributed by atoms with E-state index in [1.54, 1.807) is 0 Å². The molecule has 0 heterocycles. The molecule has 0 N–H and O–H groups in total. The Morgan fingerprint density at radius 1 is 0.615 bits per heavy atom. The van der Waals surface area contributed by atoms with Gasteiger partial charge >= 0.3 is 152 Å². The van der Waals surface area contributed by atoms with Crippen LogP contribution in [0, 0.1) is 11.8 Å². The van der Waals surface area contributed by atoms with Crippen molar-refractivity contribution in [2.45, 2.75) is 19.8 Å². The van der Waals surface area contributed by atoms with Crippen molar-refractivity contribution in [3.05, 3.63) is 91.0 Å². The Balaban J connectivity index is 0.00000243. The molecule has 0 radical (unpaired) electrons. The molecule has 0 aliphatic heterocycles. The van der Waals surface area contributed by atoms with E-state index in [1.165, 1.54) is 15.9 Å². The summed E-state index contributed by atoms with van der Waals surface area (Å²) < 4.78 is 0. The number of benzene rings is 3. The van der Waals surface area contributed by atoms with Gasteiger partial charge in [-0.3, -0.25) is 0 Å². The molecule has 0 aliphatic carbocycles. The first-order valence-corrected chi connectivity index (χ1v) is 11.2. The fraction of sp³-hybridized carbons (Fsp3) is 0.167. The molecule has 0 atom stereocenters. The van der Waals surface area contributed by atoms with Crippen molar-refractivity contribution in [3.63, 3.8) is 0 Å². The van der Waals surface area contributed by atoms with Crippen LogP contribution in [0.25, 0.3) is 0 Å². The number of hydrogen-bond donors (Lipinski definition) is 0. The molecule has 0 unspecified atom stereocenters. The molecule has 0 aromatic heterocycles. The quantitative estimate of drug-likeness (QED) is 0.395. The van der Waals surface area contributed by atoms with E-state index < -0.39 is 7.26 Å². The van der Waals surface area contributed by atoms with Gasteiger partial charge in [0.15, 0.2) is 0 Å². The average Bonchev–Trinajstić information content (AvgIpc) is 2.70. The van der Waals surface area contributed by atoms with Crippen LogP contribution in [-0.2, 0) is 0 Å². The molecular formula is C24H26BrP. The van der Waals surface area contributed by atoms with Gasteiger partial charge in [-0.25, -0.2) is 0 Å². The van der Waals surface area contributed by atoms with Gasteiger partial charge in [-0.15, -0.1) is 17.0 Å². The second-order valence-electron chi connectivity index (χ2n) is 6.21. The van der Waals surface area contributed by atoms with Gasteiger partial charge in [-0.1, -0.05) is 0 Å². The standard InChI is InChI=1S/C24H25P.BrH/c1-2-3-4-14-21-25(22-15-8-5-9-16-22,23-17-10-6-11-18-23)24-19-12-7-13-20-24;/h5-13,15-20,25H,2,14,21H2,1H3;1H. The first-order chi connectivity index (χ1) is 12.4. The van der Waals surface area contributed by atoms with Crippen LogP contribution in [0.3, 0.4) is 0 Å². The van der Waals surface area contributed by atoms with Crippen LogP contribution in [-0.4, -0.2) is 6.16 Å². The SMILES string of the molecule is Br.CCC#CCC[PH](c1ccccc1)(c1ccccc1)c1ccccc1. The summed E-state index contributed by atoms with van der Waals surface area (Å²) in [5.74, 6) is 6.63. The Labute approximate surface area is 168 Å². The molecule has 0 fully saturated rings. The Kier molecular flexibility index (Phi) is 8.11. The summed E-state index contributed by atoms with van der Waals surface area (Å²) in [6.45, 7) is 2.11. The third-order valence-corrected chi connectivity index (χ3v) is 9.68. The number of halogens is 1. The van der Waals surface area contributed by atoms with Crippen LogP contribution in [0.4, 0.5) is 0 Å². The second kappa shape index (κ2) is 10.3. The zero-order valence-corrected chi connectivity index (χ0v) is 17.9. The van der Waals surface area contributed by atoms with Gasteiger partial charge in [0, 0.05) is 0 Å². The predicted octanol–water partition coefficient (Wildman–Crippen LogP) is 5.09.